The first-order valence-corrected chi connectivity index (χ1v) is 8.08. The van der Waals surface area contributed by atoms with E-state index in [1.54, 1.807) is 12.1 Å². The van der Waals surface area contributed by atoms with E-state index >= 15 is 0 Å². The van der Waals surface area contributed by atoms with Gasteiger partial charge in [0.25, 0.3) is 0 Å². The molecular formula is C15H16N2O4S. The van der Waals surface area contributed by atoms with Crippen LogP contribution in [0.1, 0.15) is 12.0 Å². The smallest absolute Gasteiger partial charge is 0.324 e. The molecule has 116 valence electrons. The van der Waals surface area contributed by atoms with Crippen molar-refractivity contribution in [1.29, 1.82) is 5.26 Å². The van der Waals surface area contributed by atoms with E-state index in [-0.39, 0.29) is 17.9 Å². The summed E-state index contributed by atoms with van der Waals surface area (Å²) in [4.78, 5) is 12.0. The highest BCUT2D eigenvalue weighted by molar-refractivity contribution is 7.89. The number of aryl methyl sites for hydroxylation is 1. The number of hydrogen-bond acceptors (Lipinski definition) is 5. The van der Waals surface area contributed by atoms with Gasteiger partial charge < -0.3 is 4.74 Å². The second kappa shape index (κ2) is 6.30. The predicted octanol–water partition coefficient (Wildman–Crippen LogP) is 1.38. The van der Waals surface area contributed by atoms with Gasteiger partial charge in [0.05, 0.1) is 18.1 Å². The van der Waals surface area contributed by atoms with E-state index in [2.05, 4.69) is 4.74 Å². The van der Waals surface area contributed by atoms with E-state index in [0.29, 0.717) is 5.57 Å². The van der Waals surface area contributed by atoms with Gasteiger partial charge in [0.2, 0.25) is 10.0 Å². The van der Waals surface area contributed by atoms with Gasteiger partial charge in [0.15, 0.2) is 0 Å². The minimum Gasteiger partial charge on any atom is -0.468 e. The Morgan fingerprint density at radius 2 is 2.05 bits per heavy atom. The van der Waals surface area contributed by atoms with Gasteiger partial charge in [-0.1, -0.05) is 17.7 Å². The van der Waals surface area contributed by atoms with Gasteiger partial charge in [-0.3, -0.25) is 4.79 Å². The largest absolute Gasteiger partial charge is 0.468 e. The Hall–Kier alpha value is -2.17. The number of rotatable bonds is 3. The topological polar surface area (TPSA) is 87.5 Å². The number of carbonyl (C=O) groups excluding carboxylic acids is 1. The van der Waals surface area contributed by atoms with Crippen molar-refractivity contribution in [2.24, 2.45) is 0 Å². The monoisotopic (exact) mass is 320 g/mol. The number of hydrogen-bond donors (Lipinski definition) is 0. The van der Waals surface area contributed by atoms with Crippen molar-refractivity contribution in [3.05, 3.63) is 41.5 Å². The quantitative estimate of drug-likeness (QED) is 0.620. The van der Waals surface area contributed by atoms with Gasteiger partial charge in [-0.2, -0.15) is 9.57 Å². The van der Waals surface area contributed by atoms with Crippen LogP contribution < -0.4 is 0 Å². The van der Waals surface area contributed by atoms with Crippen LogP contribution in [-0.2, 0) is 19.6 Å². The molecule has 1 aromatic carbocycles. The molecule has 0 bridgehead atoms. The minimum absolute atomic E-state index is 0.0174. The zero-order chi connectivity index (χ0) is 16.3. The standard InChI is InChI=1S/C15H16N2O4S/c1-11-3-5-13(6-4-11)22(19,20)17-10-12(7-8-16)9-14(17)15(18)21-2/h3-7,14H,9-10H2,1-2H3/b12-7-/t14-/m0/s1. The Kier molecular flexibility index (Phi) is 4.64. The fraction of sp³-hybridized carbons (Fsp3) is 0.333. The van der Waals surface area contributed by atoms with Crippen LogP contribution in [0.3, 0.4) is 0 Å². The molecule has 0 aromatic heterocycles. The first-order valence-electron chi connectivity index (χ1n) is 6.64. The van der Waals surface area contributed by atoms with Crippen LogP contribution in [0.15, 0.2) is 40.8 Å². The summed E-state index contributed by atoms with van der Waals surface area (Å²) < 4.78 is 31.2. The Bertz CT molecular complexity index is 745. The van der Waals surface area contributed by atoms with Crippen molar-refractivity contribution in [3.8, 4) is 6.07 Å². The Morgan fingerprint density at radius 3 is 2.59 bits per heavy atom. The van der Waals surface area contributed by atoms with Crippen molar-refractivity contribution in [1.82, 2.24) is 4.31 Å². The SMILES string of the molecule is COC(=O)[C@@H]1C/C(=C/C#N)CN1S(=O)(=O)c1ccc(C)cc1. The van der Waals surface area contributed by atoms with E-state index in [9.17, 15) is 13.2 Å². The minimum atomic E-state index is -3.83. The third kappa shape index (κ3) is 3.03. The van der Waals surface area contributed by atoms with Gasteiger partial charge in [-0.15, -0.1) is 0 Å². The Morgan fingerprint density at radius 1 is 1.41 bits per heavy atom. The van der Waals surface area contributed by atoms with Gasteiger partial charge in [0, 0.05) is 12.6 Å². The van der Waals surface area contributed by atoms with Crippen molar-refractivity contribution in [2.75, 3.05) is 13.7 Å². The average molecular weight is 320 g/mol. The maximum atomic E-state index is 12.7. The molecular weight excluding hydrogens is 304 g/mol. The summed E-state index contributed by atoms with van der Waals surface area (Å²) in [6.45, 7) is 1.88. The third-order valence-electron chi connectivity index (χ3n) is 3.53. The van der Waals surface area contributed by atoms with Crippen LogP contribution >= 0.6 is 0 Å². The van der Waals surface area contributed by atoms with Crippen LogP contribution in [0, 0.1) is 18.3 Å². The van der Waals surface area contributed by atoms with Gasteiger partial charge >= 0.3 is 5.97 Å². The zero-order valence-electron chi connectivity index (χ0n) is 12.3. The Labute approximate surface area is 129 Å². The molecule has 1 atom stereocenters. The lowest BCUT2D eigenvalue weighted by Crippen LogP contribution is -2.41. The van der Waals surface area contributed by atoms with E-state index in [1.807, 2.05) is 13.0 Å². The number of nitriles is 1. The number of carbonyl (C=O) groups is 1. The summed E-state index contributed by atoms with van der Waals surface area (Å²) in [5.74, 6) is -0.628. The van der Waals surface area contributed by atoms with Crippen molar-refractivity contribution < 1.29 is 17.9 Å². The summed E-state index contributed by atoms with van der Waals surface area (Å²) in [6.07, 6.45) is 1.45. The van der Waals surface area contributed by atoms with E-state index < -0.39 is 22.0 Å². The number of ether oxygens (including phenoxy) is 1. The van der Waals surface area contributed by atoms with Gasteiger partial charge in [0.1, 0.15) is 6.04 Å². The third-order valence-corrected chi connectivity index (χ3v) is 5.40. The maximum absolute atomic E-state index is 12.7. The molecule has 0 spiro atoms. The summed E-state index contributed by atoms with van der Waals surface area (Å²) >= 11 is 0. The molecule has 1 aliphatic heterocycles. The number of nitrogens with zero attached hydrogens (tertiary/aromatic N) is 2. The summed E-state index contributed by atoms with van der Waals surface area (Å²) in [7, 11) is -2.62. The maximum Gasteiger partial charge on any atom is 0.324 e. The molecule has 0 amide bonds. The highest BCUT2D eigenvalue weighted by atomic mass is 32.2. The molecule has 1 fully saturated rings. The first kappa shape index (κ1) is 16.2. The van der Waals surface area contributed by atoms with Crippen LogP contribution in [0.5, 0.6) is 0 Å². The molecule has 2 rings (SSSR count). The van der Waals surface area contributed by atoms with Crippen LogP contribution in [0.2, 0.25) is 0 Å². The second-order valence-corrected chi connectivity index (χ2v) is 6.93. The first-order chi connectivity index (χ1) is 10.4. The summed E-state index contributed by atoms with van der Waals surface area (Å²) in [5, 5.41) is 8.73. The van der Waals surface area contributed by atoms with Gasteiger partial charge in [-0.05, 0) is 31.1 Å². The molecule has 7 heteroatoms. The second-order valence-electron chi connectivity index (χ2n) is 5.04. The molecule has 0 aliphatic carbocycles. The van der Waals surface area contributed by atoms with Crippen LogP contribution in [0.25, 0.3) is 0 Å². The number of methoxy groups -OCH3 is 1. The fourth-order valence-electron chi connectivity index (χ4n) is 2.36. The number of benzene rings is 1. The Balaban J connectivity index is 2.43. The highest BCUT2D eigenvalue weighted by Crippen LogP contribution is 2.30. The molecule has 0 N–H and O–H groups in total. The molecule has 0 saturated carbocycles. The molecule has 0 unspecified atom stereocenters. The highest BCUT2D eigenvalue weighted by Gasteiger charge is 2.42. The lowest BCUT2D eigenvalue weighted by molar-refractivity contribution is -0.144. The summed E-state index contributed by atoms with van der Waals surface area (Å²) in [5.41, 5.74) is 1.53. The molecule has 0 radical (unpaired) electrons. The average Bonchev–Trinajstić information content (AvgIpc) is 2.92. The molecule has 1 saturated heterocycles. The van der Waals surface area contributed by atoms with Crippen LogP contribution in [0.4, 0.5) is 0 Å². The van der Waals surface area contributed by atoms with E-state index in [1.165, 1.54) is 25.3 Å². The molecule has 22 heavy (non-hydrogen) atoms. The van der Waals surface area contributed by atoms with E-state index in [0.717, 1.165) is 9.87 Å². The number of sulfonamides is 1. The van der Waals surface area contributed by atoms with Crippen molar-refractivity contribution in [3.63, 3.8) is 0 Å². The molecule has 1 aromatic rings. The number of esters is 1. The van der Waals surface area contributed by atoms with Gasteiger partial charge in [-0.25, -0.2) is 8.42 Å². The lowest BCUT2D eigenvalue weighted by Gasteiger charge is -2.21. The summed E-state index contributed by atoms with van der Waals surface area (Å²) in [6, 6.07) is 7.34. The van der Waals surface area contributed by atoms with E-state index in [4.69, 9.17) is 5.26 Å². The fourth-order valence-corrected chi connectivity index (χ4v) is 3.94. The van der Waals surface area contributed by atoms with Crippen molar-refractivity contribution >= 4 is 16.0 Å². The normalized spacial score (nSPS) is 20.8. The number of allylic oxidation sites excluding steroid dienone is 1. The molecule has 1 aliphatic rings. The zero-order valence-corrected chi connectivity index (χ0v) is 13.1. The van der Waals surface area contributed by atoms with Crippen LogP contribution in [-0.4, -0.2) is 38.4 Å². The predicted molar refractivity (Wildman–Crippen MR) is 79.2 cm³/mol. The molecule has 1 heterocycles. The van der Waals surface area contributed by atoms with Crippen molar-refractivity contribution in [2.45, 2.75) is 24.3 Å². The molecule has 6 nitrogen and oxygen atoms in total. The lowest BCUT2D eigenvalue weighted by atomic mass is 10.1.